The van der Waals surface area contributed by atoms with Gasteiger partial charge in [-0.2, -0.15) is 0 Å². The number of likely N-dealkylation sites (tertiary alicyclic amines) is 1. The van der Waals surface area contributed by atoms with Gasteiger partial charge in [0, 0.05) is 22.4 Å². The van der Waals surface area contributed by atoms with Crippen LogP contribution < -0.4 is 9.47 Å². The molecule has 0 amide bonds. The zero-order valence-corrected chi connectivity index (χ0v) is 19.7. The first-order chi connectivity index (χ1) is 16.2. The predicted molar refractivity (Wildman–Crippen MR) is 136 cm³/mol. The molecule has 4 aromatic rings. The Morgan fingerprint density at radius 1 is 0.909 bits per heavy atom. The van der Waals surface area contributed by atoms with Crippen LogP contribution in [0.1, 0.15) is 24.8 Å². The molecule has 0 bridgehead atoms. The minimum absolute atomic E-state index is 0.250. The van der Waals surface area contributed by atoms with Gasteiger partial charge in [0.05, 0.1) is 0 Å². The standard InChI is InChI=1S/C28H29NO3S/c1-20-13-18-33-28(20)26-11-5-21-19-22(30)6-12-25(21)27(26)32-24-9-7-23(8-10-24)31-17-16-29-14-3-2-4-15-29/h5-13,18-19,30H,2-4,14-17H2,1H3. The largest absolute Gasteiger partial charge is 0.508 e. The minimum Gasteiger partial charge on any atom is -0.508 e. The zero-order valence-electron chi connectivity index (χ0n) is 18.9. The fourth-order valence-corrected chi connectivity index (χ4v) is 5.37. The van der Waals surface area contributed by atoms with Gasteiger partial charge < -0.3 is 14.6 Å². The fraction of sp³-hybridized carbons (Fsp3) is 0.286. The molecule has 0 unspecified atom stereocenters. The van der Waals surface area contributed by atoms with Gasteiger partial charge in [-0.15, -0.1) is 11.3 Å². The lowest BCUT2D eigenvalue weighted by atomic mass is 10.0. The molecule has 1 aliphatic heterocycles. The van der Waals surface area contributed by atoms with Crippen molar-refractivity contribution in [2.75, 3.05) is 26.2 Å². The summed E-state index contributed by atoms with van der Waals surface area (Å²) in [5.74, 6) is 2.67. The maximum atomic E-state index is 9.94. The lowest BCUT2D eigenvalue weighted by Gasteiger charge is -2.26. The van der Waals surface area contributed by atoms with E-state index >= 15 is 0 Å². The molecule has 170 valence electrons. The minimum atomic E-state index is 0.250. The summed E-state index contributed by atoms with van der Waals surface area (Å²) in [6.07, 6.45) is 3.95. The van der Waals surface area contributed by atoms with Crippen LogP contribution in [0.3, 0.4) is 0 Å². The lowest BCUT2D eigenvalue weighted by Crippen LogP contribution is -2.33. The number of ether oxygens (including phenoxy) is 2. The first-order valence-electron chi connectivity index (χ1n) is 11.6. The topological polar surface area (TPSA) is 41.9 Å². The number of thiophene rings is 1. The lowest BCUT2D eigenvalue weighted by molar-refractivity contribution is 0.183. The van der Waals surface area contributed by atoms with E-state index in [4.69, 9.17) is 9.47 Å². The van der Waals surface area contributed by atoms with Gasteiger partial charge in [0.15, 0.2) is 0 Å². The van der Waals surface area contributed by atoms with Gasteiger partial charge in [0.25, 0.3) is 0 Å². The normalized spacial score (nSPS) is 14.5. The van der Waals surface area contributed by atoms with Crippen molar-refractivity contribution < 1.29 is 14.6 Å². The summed E-state index contributed by atoms with van der Waals surface area (Å²) in [4.78, 5) is 3.67. The quantitative estimate of drug-likeness (QED) is 0.316. The number of hydrogen-bond acceptors (Lipinski definition) is 5. The van der Waals surface area contributed by atoms with E-state index in [1.807, 2.05) is 36.4 Å². The summed E-state index contributed by atoms with van der Waals surface area (Å²) in [6.45, 7) is 6.17. The van der Waals surface area contributed by atoms with Crippen molar-refractivity contribution >= 4 is 22.1 Å². The third-order valence-corrected chi connectivity index (χ3v) is 7.28. The second kappa shape index (κ2) is 9.86. The Balaban J connectivity index is 1.36. The molecule has 33 heavy (non-hydrogen) atoms. The van der Waals surface area contributed by atoms with Gasteiger partial charge in [-0.1, -0.05) is 12.5 Å². The van der Waals surface area contributed by atoms with Gasteiger partial charge in [0.1, 0.15) is 29.6 Å². The van der Waals surface area contributed by atoms with Crippen molar-refractivity contribution in [1.29, 1.82) is 0 Å². The van der Waals surface area contributed by atoms with E-state index in [9.17, 15) is 5.11 Å². The van der Waals surface area contributed by atoms with Crippen molar-refractivity contribution in [2.45, 2.75) is 26.2 Å². The molecule has 5 rings (SSSR count). The number of piperidine rings is 1. The molecule has 0 saturated carbocycles. The zero-order chi connectivity index (χ0) is 22.6. The molecular formula is C28H29NO3S. The third-order valence-electron chi connectivity index (χ3n) is 6.23. The molecule has 1 saturated heterocycles. The Bertz CT molecular complexity index is 1230. The van der Waals surface area contributed by atoms with E-state index < -0.39 is 0 Å². The molecule has 1 N–H and O–H groups in total. The van der Waals surface area contributed by atoms with Crippen LogP contribution in [-0.2, 0) is 0 Å². The molecule has 2 heterocycles. The summed E-state index contributed by atoms with van der Waals surface area (Å²) in [5.41, 5.74) is 2.28. The number of aromatic hydroxyl groups is 1. The smallest absolute Gasteiger partial charge is 0.143 e. The number of aryl methyl sites for hydroxylation is 1. The summed E-state index contributed by atoms with van der Waals surface area (Å²) in [7, 11) is 0. The molecular weight excluding hydrogens is 430 g/mol. The van der Waals surface area contributed by atoms with Crippen molar-refractivity contribution in [3.63, 3.8) is 0 Å². The van der Waals surface area contributed by atoms with Crippen LogP contribution in [0.5, 0.6) is 23.0 Å². The first kappa shape index (κ1) is 21.8. The Morgan fingerprint density at radius 3 is 2.45 bits per heavy atom. The highest BCUT2D eigenvalue weighted by atomic mass is 32.1. The van der Waals surface area contributed by atoms with Crippen LogP contribution in [0.25, 0.3) is 21.2 Å². The molecule has 0 atom stereocenters. The number of phenolic OH excluding ortho intramolecular Hbond substituents is 1. The second-order valence-electron chi connectivity index (χ2n) is 8.60. The molecule has 0 aliphatic carbocycles. The highest BCUT2D eigenvalue weighted by molar-refractivity contribution is 7.13. The number of fused-ring (bicyclic) bond motifs is 1. The van der Waals surface area contributed by atoms with Crippen LogP contribution in [0.4, 0.5) is 0 Å². The van der Waals surface area contributed by atoms with E-state index in [-0.39, 0.29) is 5.75 Å². The molecule has 5 heteroatoms. The van der Waals surface area contributed by atoms with E-state index in [0.29, 0.717) is 6.61 Å². The van der Waals surface area contributed by atoms with Crippen LogP contribution in [0, 0.1) is 6.92 Å². The van der Waals surface area contributed by atoms with E-state index in [1.54, 1.807) is 23.5 Å². The number of phenols is 1. The highest BCUT2D eigenvalue weighted by Crippen LogP contribution is 2.43. The highest BCUT2D eigenvalue weighted by Gasteiger charge is 2.16. The van der Waals surface area contributed by atoms with Gasteiger partial charge in [-0.25, -0.2) is 0 Å². The maximum absolute atomic E-state index is 9.94. The molecule has 1 aliphatic rings. The molecule has 3 aromatic carbocycles. The van der Waals surface area contributed by atoms with Crippen LogP contribution >= 0.6 is 11.3 Å². The predicted octanol–water partition coefficient (Wildman–Crippen LogP) is 7.24. The van der Waals surface area contributed by atoms with E-state index in [0.717, 1.165) is 40.1 Å². The number of rotatable bonds is 7. The van der Waals surface area contributed by atoms with Gasteiger partial charge in [0.2, 0.25) is 0 Å². The van der Waals surface area contributed by atoms with Crippen molar-refractivity contribution in [3.05, 3.63) is 71.6 Å². The number of hydrogen-bond donors (Lipinski definition) is 1. The Hall–Kier alpha value is -3.02. The Morgan fingerprint density at radius 2 is 1.70 bits per heavy atom. The van der Waals surface area contributed by atoms with Crippen molar-refractivity contribution in [3.8, 4) is 33.4 Å². The Kier molecular flexibility index (Phi) is 6.51. The maximum Gasteiger partial charge on any atom is 0.143 e. The third kappa shape index (κ3) is 5.00. The van der Waals surface area contributed by atoms with Crippen LogP contribution in [-0.4, -0.2) is 36.2 Å². The van der Waals surface area contributed by atoms with Crippen molar-refractivity contribution in [1.82, 2.24) is 4.90 Å². The average molecular weight is 460 g/mol. The molecule has 0 spiro atoms. The Labute approximate surface area is 199 Å². The summed E-state index contributed by atoms with van der Waals surface area (Å²) < 4.78 is 12.4. The van der Waals surface area contributed by atoms with E-state index in [1.165, 1.54) is 42.8 Å². The summed E-state index contributed by atoms with van der Waals surface area (Å²) in [5, 5.41) is 14.0. The van der Waals surface area contributed by atoms with Gasteiger partial charge in [-0.3, -0.25) is 4.90 Å². The number of benzene rings is 3. The molecule has 1 aromatic heterocycles. The monoisotopic (exact) mass is 459 g/mol. The van der Waals surface area contributed by atoms with Crippen LogP contribution in [0.2, 0.25) is 0 Å². The fourth-order valence-electron chi connectivity index (χ4n) is 4.42. The summed E-state index contributed by atoms with van der Waals surface area (Å²) >= 11 is 1.71. The first-order valence-corrected chi connectivity index (χ1v) is 12.5. The van der Waals surface area contributed by atoms with Crippen LogP contribution in [0.15, 0.2) is 66.0 Å². The average Bonchev–Trinajstić information content (AvgIpc) is 3.26. The van der Waals surface area contributed by atoms with E-state index in [2.05, 4.69) is 29.3 Å². The molecule has 0 radical (unpaired) electrons. The number of nitrogens with zero attached hydrogens (tertiary/aromatic N) is 1. The molecule has 4 nitrogen and oxygen atoms in total. The van der Waals surface area contributed by atoms with Crippen molar-refractivity contribution in [2.24, 2.45) is 0 Å². The SMILES string of the molecule is Cc1ccsc1-c1ccc2cc(O)ccc2c1Oc1ccc(OCCN2CCCCC2)cc1. The summed E-state index contributed by atoms with van der Waals surface area (Å²) in [6, 6.07) is 19.5. The van der Waals surface area contributed by atoms with Gasteiger partial charge in [-0.05, 0) is 104 Å². The second-order valence-corrected chi connectivity index (χ2v) is 9.52. The molecule has 1 fully saturated rings. The van der Waals surface area contributed by atoms with Gasteiger partial charge >= 0.3 is 0 Å².